The largest absolute Gasteiger partial charge is 0.305 e. The first-order chi connectivity index (χ1) is 7.85. The highest BCUT2D eigenvalue weighted by molar-refractivity contribution is 4.61. The highest BCUT2D eigenvalue weighted by Crippen LogP contribution is 2.09. The molecule has 2 nitrogen and oxygen atoms in total. The van der Waals surface area contributed by atoms with Crippen LogP contribution in [-0.2, 0) is 0 Å². The Bertz CT molecular complexity index is 126. The van der Waals surface area contributed by atoms with E-state index in [0.717, 1.165) is 6.54 Å². The van der Waals surface area contributed by atoms with Gasteiger partial charge < -0.3 is 10.6 Å². The summed E-state index contributed by atoms with van der Waals surface area (Å²) in [7, 11) is 2.05. The fourth-order valence-electron chi connectivity index (χ4n) is 1.97. The molecule has 2 N–H and O–H groups in total. The van der Waals surface area contributed by atoms with Gasteiger partial charge in [-0.05, 0) is 26.4 Å². The predicted molar refractivity (Wildman–Crippen MR) is 73.8 cm³/mol. The number of hydrogen-bond acceptors (Lipinski definition) is 2. The van der Waals surface area contributed by atoms with Crippen molar-refractivity contribution >= 4 is 0 Å². The van der Waals surface area contributed by atoms with Gasteiger partial charge in [0.15, 0.2) is 0 Å². The number of nitrogens with one attached hydrogen (secondary N) is 2. The van der Waals surface area contributed by atoms with E-state index in [4.69, 9.17) is 0 Å². The Kier molecular flexibility index (Phi) is 12.9. The maximum atomic E-state index is 3.52. The molecule has 0 aromatic heterocycles. The molecule has 1 unspecified atom stereocenters. The van der Waals surface area contributed by atoms with E-state index in [1.807, 2.05) is 0 Å². The van der Waals surface area contributed by atoms with Crippen LogP contribution in [0.2, 0.25) is 0 Å². The van der Waals surface area contributed by atoms with Gasteiger partial charge in [-0.25, -0.2) is 0 Å². The molecule has 0 saturated carbocycles. The average molecular weight is 228 g/mol. The van der Waals surface area contributed by atoms with Gasteiger partial charge in [0, 0.05) is 0 Å². The molecule has 98 valence electrons. The molecular formula is C14H32N2. The second-order valence-corrected chi connectivity index (χ2v) is 4.71. The summed E-state index contributed by atoms with van der Waals surface area (Å²) in [5.74, 6) is 0. The Morgan fingerprint density at radius 3 is 2.00 bits per heavy atom. The van der Waals surface area contributed by atoms with Gasteiger partial charge in [0.1, 0.15) is 0 Å². The summed E-state index contributed by atoms with van der Waals surface area (Å²) < 4.78 is 0. The van der Waals surface area contributed by atoms with E-state index >= 15 is 0 Å². The third-order valence-electron chi connectivity index (χ3n) is 3.09. The average Bonchev–Trinajstić information content (AvgIpc) is 2.32. The molecule has 0 aliphatic carbocycles. The van der Waals surface area contributed by atoms with E-state index < -0.39 is 0 Å². The van der Waals surface area contributed by atoms with E-state index in [9.17, 15) is 0 Å². The van der Waals surface area contributed by atoms with Crippen molar-refractivity contribution in [3.63, 3.8) is 0 Å². The zero-order chi connectivity index (χ0) is 12.1. The number of hydrogen-bond donors (Lipinski definition) is 2. The van der Waals surface area contributed by atoms with Crippen LogP contribution in [0.4, 0.5) is 0 Å². The standard InChI is InChI=1S/C14H32N2/c1-4-6-7-8-9-10-11-12-14(15-3)16-13-5-2/h14-16H,4-13H2,1-3H3. The lowest BCUT2D eigenvalue weighted by Gasteiger charge is -2.17. The SMILES string of the molecule is CCCCCCCCCC(NC)NCCC. The van der Waals surface area contributed by atoms with Crippen LogP contribution in [0.25, 0.3) is 0 Å². The fraction of sp³-hybridized carbons (Fsp3) is 1.00. The monoisotopic (exact) mass is 228 g/mol. The molecule has 0 saturated heterocycles. The molecule has 0 rings (SSSR count). The van der Waals surface area contributed by atoms with Crippen molar-refractivity contribution in [1.29, 1.82) is 0 Å². The second-order valence-electron chi connectivity index (χ2n) is 4.71. The Labute approximate surface area is 103 Å². The summed E-state index contributed by atoms with van der Waals surface area (Å²) in [5, 5.41) is 6.86. The minimum atomic E-state index is 0.524. The van der Waals surface area contributed by atoms with Crippen LogP contribution >= 0.6 is 0 Å². The Hall–Kier alpha value is -0.0800. The fourth-order valence-corrected chi connectivity index (χ4v) is 1.97. The van der Waals surface area contributed by atoms with Crippen LogP contribution in [-0.4, -0.2) is 19.8 Å². The Morgan fingerprint density at radius 2 is 1.44 bits per heavy atom. The molecule has 2 heteroatoms. The molecule has 1 atom stereocenters. The maximum absolute atomic E-state index is 3.52. The van der Waals surface area contributed by atoms with Gasteiger partial charge in [0.05, 0.1) is 6.17 Å². The lowest BCUT2D eigenvalue weighted by molar-refractivity contribution is 0.409. The first-order valence-electron chi connectivity index (χ1n) is 7.25. The molecule has 0 amide bonds. The van der Waals surface area contributed by atoms with E-state index in [-0.39, 0.29) is 0 Å². The predicted octanol–water partition coefficient (Wildman–Crippen LogP) is 3.67. The first-order valence-corrected chi connectivity index (χ1v) is 7.25. The zero-order valence-electron chi connectivity index (χ0n) is 11.6. The third-order valence-corrected chi connectivity index (χ3v) is 3.09. The minimum Gasteiger partial charge on any atom is -0.305 e. The van der Waals surface area contributed by atoms with Crippen molar-refractivity contribution < 1.29 is 0 Å². The van der Waals surface area contributed by atoms with Gasteiger partial charge in [-0.2, -0.15) is 0 Å². The highest BCUT2D eigenvalue weighted by atomic mass is 15.1. The van der Waals surface area contributed by atoms with Crippen molar-refractivity contribution in [1.82, 2.24) is 10.6 Å². The molecule has 0 aromatic rings. The van der Waals surface area contributed by atoms with Crippen LogP contribution in [0, 0.1) is 0 Å². The van der Waals surface area contributed by atoms with Crippen molar-refractivity contribution in [2.24, 2.45) is 0 Å². The first kappa shape index (κ1) is 15.9. The topological polar surface area (TPSA) is 24.1 Å². The van der Waals surface area contributed by atoms with Gasteiger partial charge in [0.2, 0.25) is 0 Å². The smallest absolute Gasteiger partial charge is 0.0569 e. The molecule has 0 spiro atoms. The lowest BCUT2D eigenvalue weighted by atomic mass is 10.1. The highest BCUT2D eigenvalue weighted by Gasteiger charge is 2.02. The summed E-state index contributed by atoms with van der Waals surface area (Å²) in [5.41, 5.74) is 0. The minimum absolute atomic E-state index is 0.524. The second kappa shape index (κ2) is 13.0. The van der Waals surface area contributed by atoms with E-state index in [0.29, 0.717) is 6.17 Å². The molecule has 0 heterocycles. The third kappa shape index (κ3) is 10.4. The van der Waals surface area contributed by atoms with Crippen LogP contribution < -0.4 is 10.6 Å². The van der Waals surface area contributed by atoms with Crippen molar-refractivity contribution in [3.05, 3.63) is 0 Å². The van der Waals surface area contributed by atoms with Gasteiger partial charge in [-0.15, -0.1) is 0 Å². The molecule has 16 heavy (non-hydrogen) atoms. The van der Waals surface area contributed by atoms with Gasteiger partial charge >= 0.3 is 0 Å². The van der Waals surface area contributed by atoms with Crippen LogP contribution in [0.5, 0.6) is 0 Å². The Balaban J connectivity index is 3.20. The van der Waals surface area contributed by atoms with Gasteiger partial charge in [0.25, 0.3) is 0 Å². The molecule has 0 radical (unpaired) electrons. The molecule has 0 aliphatic rings. The zero-order valence-corrected chi connectivity index (χ0v) is 11.6. The normalized spacial score (nSPS) is 12.9. The molecule has 0 aromatic carbocycles. The summed E-state index contributed by atoms with van der Waals surface area (Å²) in [6.45, 7) is 5.62. The van der Waals surface area contributed by atoms with Crippen LogP contribution in [0.1, 0.15) is 71.6 Å². The summed E-state index contributed by atoms with van der Waals surface area (Å²) in [4.78, 5) is 0. The molecular weight excluding hydrogens is 196 g/mol. The summed E-state index contributed by atoms with van der Waals surface area (Å²) in [6.07, 6.45) is 12.8. The number of unbranched alkanes of at least 4 members (excludes halogenated alkanes) is 6. The van der Waals surface area contributed by atoms with Crippen LogP contribution in [0.15, 0.2) is 0 Å². The lowest BCUT2D eigenvalue weighted by Crippen LogP contribution is -2.40. The van der Waals surface area contributed by atoms with Gasteiger partial charge in [-0.1, -0.05) is 58.8 Å². The van der Waals surface area contributed by atoms with Crippen molar-refractivity contribution in [3.8, 4) is 0 Å². The molecule has 0 fully saturated rings. The van der Waals surface area contributed by atoms with Crippen LogP contribution in [0.3, 0.4) is 0 Å². The summed E-state index contributed by atoms with van der Waals surface area (Å²) in [6, 6.07) is 0. The van der Waals surface area contributed by atoms with Gasteiger partial charge in [-0.3, -0.25) is 0 Å². The maximum Gasteiger partial charge on any atom is 0.0569 e. The quantitative estimate of drug-likeness (QED) is 0.393. The molecule has 0 aliphatic heterocycles. The Morgan fingerprint density at radius 1 is 0.812 bits per heavy atom. The number of rotatable bonds is 12. The van der Waals surface area contributed by atoms with E-state index in [2.05, 4.69) is 31.5 Å². The van der Waals surface area contributed by atoms with Crippen molar-refractivity contribution in [2.75, 3.05) is 13.6 Å². The van der Waals surface area contributed by atoms with E-state index in [1.54, 1.807) is 0 Å². The van der Waals surface area contributed by atoms with E-state index in [1.165, 1.54) is 57.8 Å². The van der Waals surface area contributed by atoms with Crippen molar-refractivity contribution in [2.45, 2.75) is 77.8 Å². The molecule has 0 bridgehead atoms. The summed E-state index contributed by atoms with van der Waals surface area (Å²) >= 11 is 0.